The summed E-state index contributed by atoms with van der Waals surface area (Å²) in [6.45, 7) is 2.26. The van der Waals surface area contributed by atoms with Gasteiger partial charge in [-0.3, -0.25) is 0 Å². The van der Waals surface area contributed by atoms with E-state index in [4.69, 9.17) is 0 Å². The van der Waals surface area contributed by atoms with Gasteiger partial charge in [0, 0.05) is 5.41 Å². The normalized spacial score (nSPS) is 17.4. The lowest BCUT2D eigenvalue weighted by Gasteiger charge is -2.31. The Bertz CT molecular complexity index is 1380. The van der Waals surface area contributed by atoms with E-state index in [-0.39, 0.29) is 5.82 Å². The highest BCUT2D eigenvalue weighted by molar-refractivity contribution is 6.05. The van der Waals surface area contributed by atoms with Crippen molar-refractivity contribution >= 4 is 21.5 Å². The van der Waals surface area contributed by atoms with Crippen molar-refractivity contribution in [2.75, 3.05) is 0 Å². The molecule has 1 aliphatic rings. The fourth-order valence-corrected chi connectivity index (χ4v) is 5.29. The predicted molar refractivity (Wildman–Crippen MR) is 119 cm³/mol. The Balaban J connectivity index is 1.86. The van der Waals surface area contributed by atoms with Crippen LogP contribution in [0, 0.1) is 5.82 Å². The molecule has 0 radical (unpaired) electrons. The van der Waals surface area contributed by atoms with Crippen LogP contribution in [-0.4, -0.2) is 0 Å². The Morgan fingerprint density at radius 1 is 0.586 bits per heavy atom. The average molecular weight is 374 g/mol. The molecule has 29 heavy (non-hydrogen) atoms. The van der Waals surface area contributed by atoms with Gasteiger partial charge < -0.3 is 0 Å². The second-order valence-corrected chi connectivity index (χ2v) is 8.05. The van der Waals surface area contributed by atoms with E-state index >= 15 is 0 Å². The van der Waals surface area contributed by atoms with Crippen LogP contribution in [0.25, 0.3) is 32.7 Å². The molecule has 1 unspecified atom stereocenters. The molecule has 5 aromatic carbocycles. The van der Waals surface area contributed by atoms with Gasteiger partial charge in [0.2, 0.25) is 0 Å². The summed E-state index contributed by atoms with van der Waals surface area (Å²) in [7, 11) is 0. The Morgan fingerprint density at radius 3 is 1.90 bits per heavy atom. The second-order valence-electron chi connectivity index (χ2n) is 8.05. The molecule has 6 rings (SSSR count). The summed E-state index contributed by atoms with van der Waals surface area (Å²) in [6, 6.07) is 33.1. The van der Waals surface area contributed by atoms with E-state index in [1.54, 1.807) is 12.1 Å². The topological polar surface area (TPSA) is 0 Å². The zero-order valence-electron chi connectivity index (χ0n) is 16.1. The molecule has 0 nitrogen and oxygen atoms in total. The van der Waals surface area contributed by atoms with Gasteiger partial charge in [0.25, 0.3) is 0 Å². The fraction of sp³-hybridized carbons (Fsp3) is 0.0714. The zero-order valence-corrected chi connectivity index (χ0v) is 16.1. The summed E-state index contributed by atoms with van der Waals surface area (Å²) in [5, 5.41) is 4.87. The lowest BCUT2D eigenvalue weighted by atomic mass is 9.71. The molecule has 138 valence electrons. The molecule has 0 N–H and O–H groups in total. The first-order valence-corrected chi connectivity index (χ1v) is 9.99. The minimum Gasteiger partial charge on any atom is -0.207 e. The van der Waals surface area contributed by atoms with Gasteiger partial charge in [-0.2, -0.15) is 0 Å². The van der Waals surface area contributed by atoms with Crippen LogP contribution >= 0.6 is 0 Å². The van der Waals surface area contributed by atoms with E-state index in [1.807, 2.05) is 6.07 Å². The van der Waals surface area contributed by atoms with Crippen LogP contribution in [0.2, 0.25) is 0 Å². The average Bonchev–Trinajstić information content (AvgIpc) is 3.01. The van der Waals surface area contributed by atoms with E-state index in [1.165, 1.54) is 38.2 Å². The minimum atomic E-state index is -0.436. The van der Waals surface area contributed by atoms with Crippen molar-refractivity contribution < 1.29 is 4.39 Å². The standard InChI is InChI=1S/C28H19F/c1-28(25-13-7-6-12-23(25)24-15-14-20(29)17-26(24)28)27-21-10-4-2-8-18(21)16-19-9-3-5-11-22(19)27/h2-17H,1H3. The molecule has 0 aliphatic heterocycles. The Morgan fingerprint density at radius 2 is 1.17 bits per heavy atom. The molecular weight excluding hydrogens is 355 g/mol. The maximum absolute atomic E-state index is 14.5. The Kier molecular flexibility index (Phi) is 3.29. The van der Waals surface area contributed by atoms with E-state index in [2.05, 4.69) is 85.8 Å². The monoisotopic (exact) mass is 374 g/mol. The largest absolute Gasteiger partial charge is 0.207 e. The molecule has 0 aromatic heterocycles. The summed E-state index contributed by atoms with van der Waals surface area (Å²) in [5.74, 6) is -0.188. The van der Waals surface area contributed by atoms with E-state index in [9.17, 15) is 4.39 Å². The Labute approximate surface area is 169 Å². The molecule has 1 atom stereocenters. The SMILES string of the molecule is CC1(c2c3ccccc3cc3ccccc23)c2ccccc2-c2ccc(F)cc21. The highest BCUT2D eigenvalue weighted by Gasteiger charge is 2.42. The molecule has 5 aromatic rings. The number of hydrogen-bond donors (Lipinski definition) is 0. The molecule has 1 heteroatoms. The van der Waals surface area contributed by atoms with Gasteiger partial charge in [-0.1, -0.05) is 78.9 Å². The number of hydrogen-bond acceptors (Lipinski definition) is 0. The van der Waals surface area contributed by atoms with Crippen molar-refractivity contribution in [1.29, 1.82) is 0 Å². The van der Waals surface area contributed by atoms with Crippen LogP contribution < -0.4 is 0 Å². The third-order valence-electron chi connectivity index (χ3n) is 6.55. The first kappa shape index (κ1) is 16.5. The predicted octanol–water partition coefficient (Wildman–Crippen LogP) is 7.47. The molecule has 0 heterocycles. The third-order valence-corrected chi connectivity index (χ3v) is 6.55. The summed E-state index contributed by atoms with van der Waals surface area (Å²) in [5.41, 5.74) is 5.42. The molecule has 0 bridgehead atoms. The highest BCUT2D eigenvalue weighted by Crippen LogP contribution is 2.55. The summed E-state index contributed by atoms with van der Waals surface area (Å²) in [6.07, 6.45) is 0. The minimum absolute atomic E-state index is 0.188. The van der Waals surface area contributed by atoms with Crippen molar-refractivity contribution in [3.63, 3.8) is 0 Å². The van der Waals surface area contributed by atoms with Crippen LogP contribution in [0.5, 0.6) is 0 Å². The Hall–Kier alpha value is -3.45. The van der Waals surface area contributed by atoms with Crippen LogP contribution in [0.4, 0.5) is 4.39 Å². The molecule has 0 saturated carbocycles. The second kappa shape index (κ2) is 5.78. The molecule has 0 saturated heterocycles. The van der Waals surface area contributed by atoms with Crippen molar-refractivity contribution in [2.24, 2.45) is 0 Å². The maximum Gasteiger partial charge on any atom is 0.123 e. The van der Waals surface area contributed by atoms with Gasteiger partial charge >= 0.3 is 0 Å². The van der Waals surface area contributed by atoms with Gasteiger partial charge in [-0.25, -0.2) is 4.39 Å². The van der Waals surface area contributed by atoms with Gasteiger partial charge in [0.15, 0.2) is 0 Å². The van der Waals surface area contributed by atoms with Crippen LogP contribution in [0.15, 0.2) is 97.1 Å². The van der Waals surface area contributed by atoms with Crippen molar-refractivity contribution in [3.8, 4) is 11.1 Å². The van der Waals surface area contributed by atoms with Crippen LogP contribution in [0.3, 0.4) is 0 Å². The van der Waals surface area contributed by atoms with E-state index < -0.39 is 5.41 Å². The smallest absolute Gasteiger partial charge is 0.123 e. The summed E-state index contributed by atoms with van der Waals surface area (Å²) < 4.78 is 14.5. The fourth-order valence-electron chi connectivity index (χ4n) is 5.29. The zero-order chi connectivity index (χ0) is 19.6. The van der Waals surface area contributed by atoms with E-state index in [0.29, 0.717) is 0 Å². The number of benzene rings is 5. The third kappa shape index (κ3) is 2.13. The van der Waals surface area contributed by atoms with Crippen molar-refractivity contribution in [2.45, 2.75) is 12.3 Å². The van der Waals surface area contributed by atoms with Gasteiger partial charge in [0.05, 0.1) is 0 Å². The molecule has 0 amide bonds. The lowest BCUT2D eigenvalue weighted by molar-refractivity contribution is 0.619. The number of fused-ring (bicyclic) bond motifs is 5. The van der Waals surface area contributed by atoms with Crippen LogP contribution in [-0.2, 0) is 5.41 Å². The number of halogens is 1. The first-order valence-electron chi connectivity index (χ1n) is 9.99. The molecule has 0 fully saturated rings. The van der Waals surface area contributed by atoms with Gasteiger partial charge in [-0.15, -0.1) is 0 Å². The van der Waals surface area contributed by atoms with E-state index in [0.717, 1.165) is 11.1 Å². The maximum atomic E-state index is 14.5. The molecule has 1 aliphatic carbocycles. The molecule has 0 spiro atoms. The summed E-state index contributed by atoms with van der Waals surface area (Å²) in [4.78, 5) is 0. The van der Waals surface area contributed by atoms with Crippen molar-refractivity contribution in [1.82, 2.24) is 0 Å². The first-order chi connectivity index (χ1) is 14.2. The molecular formula is C28H19F. The summed E-state index contributed by atoms with van der Waals surface area (Å²) >= 11 is 0. The highest BCUT2D eigenvalue weighted by atomic mass is 19.1. The lowest BCUT2D eigenvalue weighted by Crippen LogP contribution is -2.23. The van der Waals surface area contributed by atoms with Gasteiger partial charge in [-0.05, 0) is 74.5 Å². The quantitative estimate of drug-likeness (QED) is 0.267. The van der Waals surface area contributed by atoms with Crippen LogP contribution in [0.1, 0.15) is 23.6 Å². The van der Waals surface area contributed by atoms with Gasteiger partial charge in [0.1, 0.15) is 5.82 Å². The number of rotatable bonds is 1. The van der Waals surface area contributed by atoms with Crippen molar-refractivity contribution in [3.05, 3.63) is 120 Å².